The van der Waals surface area contributed by atoms with E-state index in [4.69, 9.17) is 11.6 Å². The van der Waals surface area contributed by atoms with Crippen molar-refractivity contribution in [3.8, 4) is 0 Å². The fraction of sp³-hybridized carbons (Fsp3) is 0. The number of nitrogens with zero attached hydrogens (tertiary/aromatic N) is 2. The molecule has 0 aliphatic carbocycles. The Balaban J connectivity index is 2.75. The SMILES string of the molecule is C=C/C=C(\C=C)c1nc2nc(Cl)ccc2[nH]c1=O. The number of pyridine rings is 1. The Bertz CT molecular complexity index is 716. The first-order valence-electron chi connectivity index (χ1n) is 5.18. The highest BCUT2D eigenvalue weighted by Crippen LogP contribution is 2.14. The van der Waals surface area contributed by atoms with Gasteiger partial charge in [0.25, 0.3) is 5.56 Å². The number of hydrogen-bond donors (Lipinski definition) is 1. The molecule has 2 aromatic heterocycles. The lowest BCUT2D eigenvalue weighted by Crippen LogP contribution is -2.14. The minimum Gasteiger partial charge on any atom is -0.317 e. The van der Waals surface area contributed by atoms with Crippen LogP contribution in [0.3, 0.4) is 0 Å². The lowest BCUT2D eigenvalue weighted by Gasteiger charge is -2.02. The number of fused-ring (bicyclic) bond motifs is 1. The fourth-order valence-corrected chi connectivity index (χ4v) is 1.66. The first-order chi connectivity index (χ1) is 8.65. The summed E-state index contributed by atoms with van der Waals surface area (Å²) >= 11 is 5.79. The normalized spacial score (nSPS) is 11.5. The van der Waals surface area contributed by atoms with Gasteiger partial charge in [0.15, 0.2) is 5.65 Å². The smallest absolute Gasteiger partial charge is 0.275 e. The number of allylic oxidation sites excluding steroid dienone is 4. The molecule has 1 N–H and O–H groups in total. The third kappa shape index (κ3) is 2.24. The summed E-state index contributed by atoms with van der Waals surface area (Å²) in [6.45, 7) is 7.22. The molecule has 2 heterocycles. The van der Waals surface area contributed by atoms with E-state index in [1.54, 1.807) is 24.3 Å². The zero-order valence-corrected chi connectivity index (χ0v) is 10.2. The van der Waals surface area contributed by atoms with Crippen LogP contribution in [-0.4, -0.2) is 15.0 Å². The Morgan fingerprint density at radius 2 is 2.11 bits per heavy atom. The van der Waals surface area contributed by atoms with Gasteiger partial charge in [0.1, 0.15) is 10.8 Å². The number of halogens is 1. The van der Waals surface area contributed by atoms with E-state index < -0.39 is 0 Å². The molecule has 0 aliphatic rings. The van der Waals surface area contributed by atoms with Gasteiger partial charge in [-0.25, -0.2) is 9.97 Å². The van der Waals surface area contributed by atoms with Crippen LogP contribution < -0.4 is 5.56 Å². The van der Waals surface area contributed by atoms with E-state index in [2.05, 4.69) is 28.1 Å². The molecule has 0 fully saturated rings. The summed E-state index contributed by atoms with van der Waals surface area (Å²) < 4.78 is 0. The molecule has 0 unspecified atom stereocenters. The van der Waals surface area contributed by atoms with Gasteiger partial charge in [-0.05, 0) is 12.1 Å². The minimum atomic E-state index is -0.306. The van der Waals surface area contributed by atoms with Crippen molar-refractivity contribution < 1.29 is 0 Å². The van der Waals surface area contributed by atoms with Crippen molar-refractivity contribution in [2.45, 2.75) is 0 Å². The zero-order chi connectivity index (χ0) is 13.1. The molecule has 0 bridgehead atoms. The van der Waals surface area contributed by atoms with Crippen LogP contribution in [0.5, 0.6) is 0 Å². The topological polar surface area (TPSA) is 58.6 Å². The highest BCUT2D eigenvalue weighted by molar-refractivity contribution is 6.29. The Kier molecular flexibility index (Phi) is 3.39. The predicted octanol–water partition coefficient (Wildman–Crippen LogP) is 2.73. The van der Waals surface area contributed by atoms with Crippen molar-refractivity contribution in [2.75, 3.05) is 0 Å². The summed E-state index contributed by atoms with van der Waals surface area (Å²) in [5.41, 5.74) is 1.44. The van der Waals surface area contributed by atoms with Crippen LogP contribution >= 0.6 is 11.6 Å². The van der Waals surface area contributed by atoms with Crippen molar-refractivity contribution >= 4 is 28.3 Å². The number of H-pyrrole nitrogens is 1. The molecule has 0 atom stereocenters. The van der Waals surface area contributed by atoms with Gasteiger partial charge in [-0.2, -0.15) is 0 Å². The van der Waals surface area contributed by atoms with Crippen LogP contribution in [-0.2, 0) is 0 Å². The molecule has 5 heteroatoms. The van der Waals surface area contributed by atoms with Gasteiger partial charge in [0.05, 0.1) is 5.52 Å². The molecule has 0 radical (unpaired) electrons. The molecule has 0 spiro atoms. The lowest BCUT2D eigenvalue weighted by atomic mass is 10.2. The summed E-state index contributed by atoms with van der Waals surface area (Å²) in [5.74, 6) is 0. The van der Waals surface area contributed by atoms with Crippen molar-refractivity contribution in [3.63, 3.8) is 0 Å². The van der Waals surface area contributed by atoms with E-state index in [1.807, 2.05) is 0 Å². The van der Waals surface area contributed by atoms with E-state index in [0.29, 0.717) is 21.9 Å². The van der Waals surface area contributed by atoms with E-state index in [1.165, 1.54) is 6.08 Å². The molecular weight excluding hydrogens is 250 g/mol. The summed E-state index contributed by atoms with van der Waals surface area (Å²) in [7, 11) is 0. The number of aromatic nitrogens is 3. The molecule has 0 saturated carbocycles. The summed E-state index contributed by atoms with van der Waals surface area (Å²) in [5, 5.41) is 0.320. The molecule has 4 nitrogen and oxygen atoms in total. The van der Waals surface area contributed by atoms with Gasteiger partial charge >= 0.3 is 0 Å². The van der Waals surface area contributed by atoms with Gasteiger partial charge in [0, 0.05) is 5.57 Å². The van der Waals surface area contributed by atoms with Crippen molar-refractivity contribution in [1.82, 2.24) is 15.0 Å². The molecule has 18 heavy (non-hydrogen) atoms. The quantitative estimate of drug-likeness (QED) is 0.681. The van der Waals surface area contributed by atoms with Gasteiger partial charge in [-0.1, -0.05) is 43.0 Å². The second-order valence-corrected chi connectivity index (χ2v) is 3.87. The van der Waals surface area contributed by atoms with Crippen molar-refractivity contribution in [3.05, 3.63) is 64.7 Å². The number of rotatable bonds is 3. The highest BCUT2D eigenvalue weighted by atomic mass is 35.5. The van der Waals surface area contributed by atoms with Crippen LogP contribution in [0.1, 0.15) is 5.69 Å². The molecule has 2 aromatic rings. The van der Waals surface area contributed by atoms with Crippen LogP contribution in [0, 0.1) is 0 Å². The Morgan fingerprint density at radius 1 is 1.33 bits per heavy atom. The molecule has 2 rings (SSSR count). The zero-order valence-electron chi connectivity index (χ0n) is 9.48. The van der Waals surface area contributed by atoms with Gasteiger partial charge in [-0.15, -0.1) is 0 Å². The average molecular weight is 260 g/mol. The van der Waals surface area contributed by atoms with E-state index in [9.17, 15) is 4.79 Å². The summed E-state index contributed by atoms with van der Waals surface area (Å²) in [4.78, 5) is 22.8. The van der Waals surface area contributed by atoms with E-state index in [0.717, 1.165) is 0 Å². The first kappa shape index (κ1) is 12.3. The predicted molar refractivity (Wildman–Crippen MR) is 73.5 cm³/mol. The standard InChI is InChI=1S/C13H10ClN3O/c1-3-5-8(4-2)11-13(18)15-9-6-7-10(14)16-12(9)17-11/h3-7H,1-2H2,(H,15,18)/b8-5+. The van der Waals surface area contributed by atoms with E-state index in [-0.39, 0.29) is 11.3 Å². The minimum absolute atomic E-state index is 0.243. The molecule has 0 amide bonds. The van der Waals surface area contributed by atoms with Crippen molar-refractivity contribution in [2.24, 2.45) is 0 Å². The van der Waals surface area contributed by atoms with Gasteiger partial charge in [-0.3, -0.25) is 4.79 Å². The maximum absolute atomic E-state index is 11.9. The maximum Gasteiger partial charge on any atom is 0.275 e. The Morgan fingerprint density at radius 3 is 2.78 bits per heavy atom. The summed E-state index contributed by atoms with van der Waals surface area (Å²) in [6, 6.07) is 3.25. The third-order valence-corrected chi connectivity index (χ3v) is 2.52. The van der Waals surface area contributed by atoms with Crippen LogP contribution in [0.25, 0.3) is 16.7 Å². The number of nitrogens with one attached hydrogen (secondary N) is 1. The van der Waals surface area contributed by atoms with Gasteiger partial charge in [0.2, 0.25) is 0 Å². The second-order valence-electron chi connectivity index (χ2n) is 3.48. The van der Waals surface area contributed by atoms with Crippen molar-refractivity contribution in [1.29, 1.82) is 0 Å². The highest BCUT2D eigenvalue weighted by Gasteiger charge is 2.08. The monoisotopic (exact) mass is 259 g/mol. The molecular formula is C13H10ClN3O. The number of aromatic amines is 1. The third-order valence-electron chi connectivity index (χ3n) is 2.31. The molecule has 0 aromatic carbocycles. The van der Waals surface area contributed by atoms with Crippen LogP contribution in [0.2, 0.25) is 5.15 Å². The molecule has 0 aliphatic heterocycles. The molecule has 90 valence electrons. The lowest BCUT2D eigenvalue weighted by molar-refractivity contribution is 1.15. The Labute approximate surface area is 108 Å². The first-order valence-corrected chi connectivity index (χ1v) is 5.55. The fourth-order valence-electron chi connectivity index (χ4n) is 1.51. The van der Waals surface area contributed by atoms with Crippen LogP contribution in [0.15, 0.2) is 48.3 Å². The summed E-state index contributed by atoms with van der Waals surface area (Å²) in [6.07, 6.45) is 4.75. The van der Waals surface area contributed by atoms with E-state index >= 15 is 0 Å². The van der Waals surface area contributed by atoms with Gasteiger partial charge < -0.3 is 4.98 Å². The second kappa shape index (κ2) is 4.98. The van der Waals surface area contributed by atoms with Crippen LogP contribution in [0.4, 0.5) is 0 Å². The number of hydrogen-bond acceptors (Lipinski definition) is 3. The Hall–Kier alpha value is -2.20. The molecule has 0 saturated heterocycles. The average Bonchev–Trinajstić information content (AvgIpc) is 2.36. The largest absolute Gasteiger partial charge is 0.317 e. The maximum atomic E-state index is 11.9.